The average Bonchev–Trinajstić information content (AvgIpc) is 2.73. The average molecular weight is 366 g/mol. The Hall–Kier alpha value is -2.37. The number of ether oxygens (including phenoxy) is 2. The summed E-state index contributed by atoms with van der Waals surface area (Å²) in [5, 5.41) is 0. The van der Waals surface area contributed by atoms with Gasteiger partial charge in [0.05, 0.1) is 26.4 Å². The second-order valence-electron chi connectivity index (χ2n) is 7.15. The zero-order chi connectivity index (χ0) is 18.6. The van der Waals surface area contributed by atoms with Gasteiger partial charge in [-0.05, 0) is 42.2 Å². The highest BCUT2D eigenvalue weighted by Crippen LogP contribution is 2.31. The van der Waals surface area contributed by atoms with E-state index in [0.717, 1.165) is 43.9 Å². The first-order valence-electron chi connectivity index (χ1n) is 9.61. The van der Waals surface area contributed by atoms with Crippen molar-refractivity contribution in [2.45, 2.75) is 18.9 Å². The van der Waals surface area contributed by atoms with Gasteiger partial charge in [0.25, 0.3) is 0 Å². The molecule has 4 rings (SSSR count). The Kier molecular flexibility index (Phi) is 5.41. The highest BCUT2D eigenvalue weighted by molar-refractivity contribution is 5.96. The van der Waals surface area contributed by atoms with E-state index in [1.807, 2.05) is 35.2 Å². The summed E-state index contributed by atoms with van der Waals surface area (Å²) in [5.74, 6) is 1.01. The molecule has 2 aromatic rings. The van der Waals surface area contributed by atoms with Crippen LogP contribution in [0, 0.1) is 0 Å². The van der Waals surface area contributed by atoms with Crippen LogP contribution in [0.3, 0.4) is 0 Å². The normalized spacial score (nSPS) is 20.2. The van der Waals surface area contributed by atoms with E-state index in [9.17, 15) is 4.79 Å². The van der Waals surface area contributed by atoms with Crippen molar-refractivity contribution in [3.05, 3.63) is 59.7 Å². The van der Waals surface area contributed by atoms with Crippen molar-refractivity contribution < 1.29 is 14.3 Å². The maximum Gasteiger partial charge on any atom is 0.241 e. The van der Waals surface area contributed by atoms with Crippen molar-refractivity contribution in [3.8, 4) is 5.75 Å². The minimum atomic E-state index is 0.0330. The summed E-state index contributed by atoms with van der Waals surface area (Å²) in [5.41, 5.74) is 3.39. The maximum absolute atomic E-state index is 13.0. The predicted octanol–water partition coefficient (Wildman–Crippen LogP) is 3.05. The number of rotatable bonds is 4. The van der Waals surface area contributed by atoms with Gasteiger partial charge in [-0.2, -0.15) is 0 Å². The number of hydrogen-bond donors (Lipinski definition) is 0. The summed E-state index contributed by atoms with van der Waals surface area (Å²) in [7, 11) is 1.68. The van der Waals surface area contributed by atoms with Crippen molar-refractivity contribution in [1.82, 2.24) is 4.90 Å². The number of methoxy groups -OCH3 is 1. The molecule has 5 heteroatoms. The van der Waals surface area contributed by atoms with Crippen molar-refractivity contribution in [2.75, 3.05) is 44.8 Å². The standard InChI is InChI=1S/C22H26N2O3/c1-26-19-9-10-20-18(14-19)8-5-11-24(20)22(25)16-23-12-13-27-21(15-23)17-6-3-2-4-7-17/h2-4,6-7,9-10,14,21H,5,8,11-13,15-16H2,1H3. The number of morpholine rings is 1. The van der Waals surface area contributed by atoms with Gasteiger partial charge in [0.2, 0.25) is 5.91 Å². The number of anilines is 1. The number of nitrogens with zero attached hydrogens (tertiary/aromatic N) is 2. The van der Waals surface area contributed by atoms with Crippen LogP contribution in [0.25, 0.3) is 0 Å². The Balaban J connectivity index is 1.44. The molecule has 0 N–H and O–H groups in total. The quantitative estimate of drug-likeness (QED) is 0.834. The Morgan fingerprint density at radius 2 is 2.04 bits per heavy atom. The Morgan fingerprint density at radius 3 is 2.85 bits per heavy atom. The highest BCUT2D eigenvalue weighted by atomic mass is 16.5. The fourth-order valence-corrected chi connectivity index (χ4v) is 3.95. The number of benzene rings is 2. The van der Waals surface area contributed by atoms with E-state index in [1.165, 1.54) is 11.1 Å². The lowest BCUT2D eigenvalue weighted by Crippen LogP contribution is -2.47. The predicted molar refractivity (Wildman–Crippen MR) is 105 cm³/mol. The molecule has 0 radical (unpaired) electrons. The Labute approximate surface area is 160 Å². The van der Waals surface area contributed by atoms with E-state index in [1.54, 1.807) is 7.11 Å². The van der Waals surface area contributed by atoms with E-state index in [4.69, 9.17) is 9.47 Å². The van der Waals surface area contributed by atoms with Gasteiger partial charge in [0.15, 0.2) is 0 Å². The number of amides is 1. The second-order valence-corrected chi connectivity index (χ2v) is 7.15. The Morgan fingerprint density at radius 1 is 1.19 bits per heavy atom. The zero-order valence-corrected chi connectivity index (χ0v) is 15.8. The molecule has 1 saturated heterocycles. The van der Waals surface area contributed by atoms with Crippen LogP contribution in [-0.4, -0.2) is 50.7 Å². The van der Waals surface area contributed by atoms with Crippen molar-refractivity contribution in [3.63, 3.8) is 0 Å². The van der Waals surface area contributed by atoms with Crippen LogP contribution in [0.4, 0.5) is 5.69 Å². The second kappa shape index (κ2) is 8.11. The third-order valence-corrected chi connectivity index (χ3v) is 5.39. The lowest BCUT2D eigenvalue weighted by Gasteiger charge is -2.35. The van der Waals surface area contributed by atoms with Gasteiger partial charge in [-0.25, -0.2) is 0 Å². The first-order valence-corrected chi connectivity index (χ1v) is 9.61. The van der Waals surface area contributed by atoms with Crippen LogP contribution in [-0.2, 0) is 16.0 Å². The number of carbonyl (C=O) groups is 1. The molecule has 1 unspecified atom stereocenters. The number of fused-ring (bicyclic) bond motifs is 1. The smallest absolute Gasteiger partial charge is 0.241 e. The summed E-state index contributed by atoms with van der Waals surface area (Å²) >= 11 is 0. The van der Waals surface area contributed by atoms with E-state index in [2.05, 4.69) is 23.1 Å². The summed E-state index contributed by atoms with van der Waals surface area (Å²) in [6.45, 7) is 3.40. The minimum Gasteiger partial charge on any atom is -0.497 e. The van der Waals surface area contributed by atoms with E-state index >= 15 is 0 Å². The van der Waals surface area contributed by atoms with Crippen molar-refractivity contribution in [2.24, 2.45) is 0 Å². The van der Waals surface area contributed by atoms with Crippen LogP contribution in [0.5, 0.6) is 5.75 Å². The lowest BCUT2D eigenvalue weighted by molar-refractivity contribution is -0.122. The van der Waals surface area contributed by atoms with Gasteiger partial charge in [-0.3, -0.25) is 9.69 Å². The first-order chi connectivity index (χ1) is 13.2. The molecule has 2 aliphatic rings. The van der Waals surface area contributed by atoms with Gasteiger partial charge < -0.3 is 14.4 Å². The third-order valence-electron chi connectivity index (χ3n) is 5.39. The van der Waals surface area contributed by atoms with Crippen LogP contribution < -0.4 is 9.64 Å². The number of carbonyl (C=O) groups excluding carboxylic acids is 1. The molecule has 27 heavy (non-hydrogen) atoms. The van der Waals surface area contributed by atoms with Gasteiger partial charge in [0, 0.05) is 25.3 Å². The van der Waals surface area contributed by atoms with E-state index < -0.39 is 0 Å². The van der Waals surface area contributed by atoms with E-state index in [0.29, 0.717) is 13.2 Å². The molecular formula is C22H26N2O3. The maximum atomic E-state index is 13.0. The third kappa shape index (κ3) is 3.99. The molecule has 0 aromatic heterocycles. The van der Waals surface area contributed by atoms with Crippen LogP contribution in [0.1, 0.15) is 23.7 Å². The van der Waals surface area contributed by atoms with E-state index in [-0.39, 0.29) is 12.0 Å². The molecule has 2 aliphatic heterocycles. The van der Waals surface area contributed by atoms with Crippen LogP contribution >= 0.6 is 0 Å². The molecule has 0 saturated carbocycles. The molecule has 0 spiro atoms. The molecule has 1 atom stereocenters. The molecule has 0 bridgehead atoms. The summed E-state index contributed by atoms with van der Waals surface area (Å²) < 4.78 is 11.2. The molecule has 5 nitrogen and oxygen atoms in total. The van der Waals surface area contributed by atoms with Gasteiger partial charge >= 0.3 is 0 Å². The largest absolute Gasteiger partial charge is 0.497 e. The minimum absolute atomic E-state index is 0.0330. The SMILES string of the molecule is COc1ccc2c(c1)CCCN2C(=O)CN1CCOC(c2ccccc2)C1. The van der Waals surface area contributed by atoms with Gasteiger partial charge in [-0.15, -0.1) is 0 Å². The van der Waals surface area contributed by atoms with Gasteiger partial charge in [0.1, 0.15) is 5.75 Å². The molecule has 142 valence electrons. The molecule has 2 aromatic carbocycles. The highest BCUT2D eigenvalue weighted by Gasteiger charge is 2.27. The Bertz CT molecular complexity index is 793. The van der Waals surface area contributed by atoms with Crippen molar-refractivity contribution >= 4 is 11.6 Å². The van der Waals surface area contributed by atoms with Crippen molar-refractivity contribution in [1.29, 1.82) is 0 Å². The van der Waals surface area contributed by atoms with Gasteiger partial charge in [-0.1, -0.05) is 30.3 Å². The van der Waals surface area contributed by atoms with Crippen LogP contribution in [0.2, 0.25) is 0 Å². The first kappa shape index (κ1) is 18.0. The molecule has 0 aliphatic carbocycles. The molecular weight excluding hydrogens is 340 g/mol. The topological polar surface area (TPSA) is 42.0 Å². The lowest BCUT2D eigenvalue weighted by atomic mass is 10.0. The monoisotopic (exact) mass is 366 g/mol. The number of hydrogen-bond acceptors (Lipinski definition) is 4. The zero-order valence-electron chi connectivity index (χ0n) is 15.8. The molecule has 2 heterocycles. The summed E-state index contributed by atoms with van der Waals surface area (Å²) in [6.07, 6.45) is 2.01. The molecule has 1 fully saturated rings. The fourth-order valence-electron chi connectivity index (χ4n) is 3.95. The molecule has 1 amide bonds. The summed E-state index contributed by atoms with van der Waals surface area (Å²) in [4.78, 5) is 17.2. The van der Waals surface area contributed by atoms with Crippen LogP contribution in [0.15, 0.2) is 48.5 Å². The number of aryl methyl sites for hydroxylation is 1. The summed E-state index contributed by atoms with van der Waals surface area (Å²) in [6, 6.07) is 16.2. The fraction of sp³-hybridized carbons (Fsp3) is 0.409.